The summed E-state index contributed by atoms with van der Waals surface area (Å²) >= 11 is 2.20. The third kappa shape index (κ3) is 6.70. The van der Waals surface area contributed by atoms with Crippen LogP contribution in [-0.4, -0.2) is 35.7 Å². The molecule has 1 aliphatic carbocycles. The second-order valence-electron chi connectivity index (χ2n) is 7.58. The first kappa shape index (κ1) is 24.6. The highest BCUT2D eigenvalue weighted by Gasteiger charge is 2.45. The molecule has 1 aromatic carbocycles. The minimum atomic E-state index is -4.77. The van der Waals surface area contributed by atoms with Crippen molar-refractivity contribution < 1.29 is 44.9 Å². The van der Waals surface area contributed by atoms with Crippen molar-refractivity contribution in [2.45, 2.75) is 48.2 Å². The monoisotopic (exact) mass is 568 g/mol. The van der Waals surface area contributed by atoms with E-state index < -0.39 is 47.4 Å². The van der Waals surface area contributed by atoms with E-state index in [1.54, 1.807) is 0 Å². The van der Waals surface area contributed by atoms with Gasteiger partial charge >= 0.3 is 12.3 Å². The Kier molecular flexibility index (Phi) is 7.78. The Balaban J connectivity index is 1.61. The van der Waals surface area contributed by atoms with Gasteiger partial charge in [-0.1, -0.05) is 22.6 Å². The third-order valence-corrected chi connectivity index (χ3v) is 5.98. The van der Waals surface area contributed by atoms with Crippen molar-refractivity contribution >= 4 is 28.7 Å². The van der Waals surface area contributed by atoms with Gasteiger partial charge in [0.2, 0.25) is 0 Å². The molecule has 1 aliphatic heterocycles. The summed E-state index contributed by atoms with van der Waals surface area (Å²) in [6.07, 6.45) is -8.00. The summed E-state index contributed by atoms with van der Waals surface area (Å²) in [7, 11) is 0. The van der Waals surface area contributed by atoms with E-state index >= 15 is 0 Å². The summed E-state index contributed by atoms with van der Waals surface area (Å²) < 4.78 is 110. The number of ether oxygens (including phenoxy) is 3. The lowest BCUT2D eigenvalue weighted by molar-refractivity contribution is -0.238. The Morgan fingerprint density at radius 2 is 1.48 bits per heavy atom. The van der Waals surface area contributed by atoms with E-state index in [1.807, 2.05) is 0 Å². The molecule has 0 spiro atoms. The molecule has 2 fully saturated rings. The fourth-order valence-electron chi connectivity index (χ4n) is 3.69. The molecule has 1 aromatic rings. The van der Waals surface area contributed by atoms with Gasteiger partial charge in [-0.05, 0) is 31.8 Å². The molecule has 1 saturated carbocycles. The van der Waals surface area contributed by atoms with Crippen molar-refractivity contribution in [3.8, 4) is 5.75 Å². The zero-order valence-corrected chi connectivity index (χ0v) is 18.3. The lowest BCUT2D eigenvalue weighted by Gasteiger charge is -2.38. The van der Waals surface area contributed by atoms with Gasteiger partial charge in [-0.15, -0.1) is 0 Å². The Morgan fingerprint density at radius 3 is 2.00 bits per heavy atom. The molecule has 0 atom stereocenters. The maximum absolute atomic E-state index is 14.6. The first-order valence-corrected chi connectivity index (χ1v) is 10.9. The van der Waals surface area contributed by atoms with Gasteiger partial charge in [0, 0.05) is 29.7 Å². The second kappa shape index (κ2) is 9.82. The fourth-order valence-corrected chi connectivity index (χ4v) is 4.11. The van der Waals surface area contributed by atoms with Gasteiger partial charge in [0.05, 0.1) is 23.1 Å². The van der Waals surface area contributed by atoms with Crippen LogP contribution in [0.2, 0.25) is 0 Å². The first-order valence-electron chi connectivity index (χ1n) is 9.63. The molecule has 0 unspecified atom stereocenters. The highest BCUT2D eigenvalue weighted by Crippen LogP contribution is 2.42. The van der Waals surface area contributed by atoms with Gasteiger partial charge < -0.3 is 14.2 Å². The van der Waals surface area contributed by atoms with Crippen LogP contribution in [-0.2, 0) is 9.47 Å². The summed E-state index contributed by atoms with van der Waals surface area (Å²) in [5.41, 5.74) is -0.991. The largest absolute Gasteiger partial charge is 0.432 e. The summed E-state index contributed by atoms with van der Waals surface area (Å²) in [5, 5.41) is 0. The lowest BCUT2D eigenvalue weighted by atomic mass is 9.81. The molecule has 1 saturated heterocycles. The third-order valence-electron chi connectivity index (χ3n) is 5.26. The smallest absolute Gasteiger partial charge is 0.409 e. The Morgan fingerprint density at radius 1 is 0.935 bits per heavy atom. The molecule has 0 amide bonds. The maximum atomic E-state index is 14.6. The van der Waals surface area contributed by atoms with E-state index in [0.29, 0.717) is 38.2 Å². The summed E-state index contributed by atoms with van der Waals surface area (Å²) in [6.45, 7) is 1.07. The zero-order valence-electron chi connectivity index (χ0n) is 16.1. The number of hydrogen-bond acceptors (Lipinski definition) is 3. The number of allylic oxidation sites excluding steroid dienone is 1. The first-order chi connectivity index (χ1) is 14.4. The van der Waals surface area contributed by atoms with Crippen LogP contribution in [0, 0.1) is 23.5 Å². The second-order valence-corrected chi connectivity index (χ2v) is 9.35. The Labute approximate surface area is 188 Å². The van der Waals surface area contributed by atoms with Gasteiger partial charge in [0.1, 0.15) is 17.4 Å². The van der Waals surface area contributed by atoms with E-state index in [1.165, 1.54) is 0 Å². The van der Waals surface area contributed by atoms with Crippen molar-refractivity contribution in [3.63, 3.8) is 0 Å². The number of halogens is 8. The van der Waals surface area contributed by atoms with Crippen molar-refractivity contribution in [2.24, 2.45) is 11.8 Å². The predicted molar refractivity (Wildman–Crippen MR) is 106 cm³/mol. The van der Waals surface area contributed by atoms with Crippen molar-refractivity contribution in [2.75, 3.05) is 13.2 Å². The van der Waals surface area contributed by atoms with Crippen LogP contribution in [0.25, 0.3) is 6.08 Å². The molecule has 31 heavy (non-hydrogen) atoms. The van der Waals surface area contributed by atoms with Crippen molar-refractivity contribution in [3.05, 3.63) is 35.4 Å². The molecule has 2 aliphatic rings. The number of rotatable bonds is 5. The molecule has 0 aromatic heterocycles. The zero-order chi connectivity index (χ0) is 22.8. The summed E-state index contributed by atoms with van der Waals surface area (Å²) in [5.74, 6) is -4.87. The SMILES string of the molecule is Fc1cc(OC(F)(F)C2CCC(C3OCC(I)CO3)CC2)cc(F)c1/C=C/C(F)(F)F. The predicted octanol–water partition coefficient (Wildman–Crippen LogP) is 6.49. The molecule has 11 heteroatoms. The Hall–Kier alpha value is -1.08. The van der Waals surface area contributed by atoms with E-state index in [-0.39, 0.29) is 34.8 Å². The molecule has 174 valence electrons. The van der Waals surface area contributed by atoms with Crippen LogP contribution in [0.5, 0.6) is 5.75 Å². The molecule has 3 rings (SSSR count). The average Bonchev–Trinajstić information content (AvgIpc) is 2.67. The number of alkyl halides is 6. The summed E-state index contributed by atoms with van der Waals surface area (Å²) in [6, 6.07) is 0.894. The number of benzene rings is 1. The molecule has 1 heterocycles. The van der Waals surface area contributed by atoms with E-state index in [2.05, 4.69) is 27.3 Å². The standard InChI is InChI=1S/C20H20F7IO3/c21-16-7-14(8-17(22)15(16)5-6-19(23,24)25)31-20(26,27)12-3-1-11(2-4-12)18-29-9-13(28)10-30-18/h5-8,11-13,18H,1-4,9-10H2/b6-5+. The van der Waals surface area contributed by atoms with E-state index in [9.17, 15) is 30.7 Å². The minimum absolute atomic E-state index is 0.0226. The molecular formula is C20H20F7IO3. The van der Waals surface area contributed by atoms with Gasteiger partial charge in [0.25, 0.3) is 0 Å². The van der Waals surface area contributed by atoms with Crippen molar-refractivity contribution in [1.82, 2.24) is 0 Å². The van der Waals surface area contributed by atoms with Gasteiger partial charge in [-0.25, -0.2) is 8.78 Å². The van der Waals surface area contributed by atoms with Crippen LogP contribution < -0.4 is 4.74 Å². The van der Waals surface area contributed by atoms with Gasteiger partial charge in [0.15, 0.2) is 6.29 Å². The quantitative estimate of drug-likeness (QED) is 0.231. The average molecular weight is 568 g/mol. The van der Waals surface area contributed by atoms with Crippen LogP contribution in [0.1, 0.15) is 31.2 Å². The number of hydrogen-bond donors (Lipinski definition) is 0. The van der Waals surface area contributed by atoms with Crippen molar-refractivity contribution in [1.29, 1.82) is 0 Å². The highest BCUT2D eigenvalue weighted by molar-refractivity contribution is 14.1. The van der Waals surface area contributed by atoms with Gasteiger partial charge in [-0.2, -0.15) is 22.0 Å². The molecule has 0 bridgehead atoms. The molecular weight excluding hydrogens is 548 g/mol. The topological polar surface area (TPSA) is 27.7 Å². The van der Waals surface area contributed by atoms with E-state index in [4.69, 9.17) is 9.47 Å². The summed E-state index contributed by atoms with van der Waals surface area (Å²) in [4.78, 5) is 0. The maximum Gasteiger partial charge on any atom is 0.409 e. The normalized spacial score (nSPS) is 28.1. The minimum Gasteiger partial charge on any atom is -0.432 e. The van der Waals surface area contributed by atoms with Crippen LogP contribution in [0.3, 0.4) is 0 Å². The lowest BCUT2D eigenvalue weighted by Crippen LogP contribution is -2.42. The fraction of sp³-hybridized carbons (Fsp3) is 0.600. The molecule has 0 N–H and O–H groups in total. The van der Waals surface area contributed by atoms with E-state index in [0.717, 1.165) is 0 Å². The highest BCUT2D eigenvalue weighted by atomic mass is 127. The van der Waals surface area contributed by atoms with Gasteiger partial charge in [-0.3, -0.25) is 0 Å². The van der Waals surface area contributed by atoms with Crippen LogP contribution >= 0.6 is 22.6 Å². The van der Waals surface area contributed by atoms with Crippen LogP contribution in [0.15, 0.2) is 18.2 Å². The van der Waals surface area contributed by atoms with Crippen LogP contribution in [0.4, 0.5) is 30.7 Å². The Bertz CT molecular complexity index is 760. The molecule has 0 radical (unpaired) electrons. The molecule has 3 nitrogen and oxygen atoms in total.